The molecule has 4 heteroatoms. The molecule has 1 saturated heterocycles. The summed E-state index contributed by atoms with van der Waals surface area (Å²) in [6.45, 7) is 0.827. The van der Waals surface area contributed by atoms with E-state index in [0.29, 0.717) is 6.04 Å². The van der Waals surface area contributed by atoms with Crippen LogP contribution in [0.5, 0.6) is 0 Å². The maximum Gasteiger partial charge on any atom is 0.0890 e. The first-order chi connectivity index (χ1) is 8.92. The van der Waals surface area contributed by atoms with Crippen LogP contribution in [0.3, 0.4) is 0 Å². The molecule has 3 rings (SSSR count). The molecule has 0 aliphatic carbocycles. The number of benzene rings is 1. The van der Waals surface area contributed by atoms with Crippen molar-refractivity contribution in [1.29, 1.82) is 0 Å². The number of hydrogen-bond donors (Lipinski definition) is 1. The summed E-state index contributed by atoms with van der Waals surface area (Å²) >= 11 is 2.05. The molecule has 0 radical (unpaired) electrons. The van der Waals surface area contributed by atoms with Gasteiger partial charge in [0, 0.05) is 12.6 Å². The second-order valence-corrected chi connectivity index (χ2v) is 5.84. The van der Waals surface area contributed by atoms with Crippen molar-refractivity contribution in [2.24, 2.45) is 0 Å². The average molecular weight is 259 g/mol. The lowest BCUT2D eigenvalue weighted by Crippen LogP contribution is -2.32. The molecule has 0 spiro atoms. The SMILES string of the molecule is c1ccc2nc(CNC3CCSCC3)cnc2c1. The average Bonchev–Trinajstić information content (AvgIpc) is 2.46. The molecule has 0 saturated carbocycles. The fourth-order valence-corrected chi connectivity index (χ4v) is 3.34. The standard InChI is InChI=1S/C14H17N3S/c1-2-4-14-13(3-1)16-10-12(17-14)9-15-11-5-7-18-8-6-11/h1-4,10-11,15H,5-9H2. The third-order valence-corrected chi connectivity index (χ3v) is 4.34. The van der Waals surface area contributed by atoms with Crippen molar-refractivity contribution in [2.45, 2.75) is 25.4 Å². The van der Waals surface area contributed by atoms with Crippen LogP contribution in [0.4, 0.5) is 0 Å². The molecule has 0 atom stereocenters. The molecule has 1 aromatic carbocycles. The first-order valence-corrected chi connectivity index (χ1v) is 7.59. The van der Waals surface area contributed by atoms with Crippen molar-refractivity contribution in [3.8, 4) is 0 Å². The molecule has 2 aromatic rings. The second-order valence-electron chi connectivity index (χ2n) is 4.62. The summed E-state index contributed by atoms with van der Waals surface area (Å²) < 4.78 is 0. The van der Waals surface area contributed by atoms with Crippen molar-refractivity contribution in [1.82, 2.24) is 15.3 Å². The first-order valence-electron chi connectivity index (χ1n) is 6.43. The van der Waals surface area contributed by atoms with Crippen LogP contribution in [0.15, 0.2) is 30.5 Å². The summed E-state index contributed by atoms with van der Waals surface area (Å²) in [7, 11) is 0. The Morgan fingerprint density at radius 1 is 1.17 bits per heavy atom. The van der Waals surface area contributed by atoms with Gasteiger partial charge in [-0.25, -0.2) is 4.98 Å². The van der Waals surface area contributed by atoms with E-state index in [2.05, 4.69) is 27.0 Å². The maximum atomic E-state index is 4.63. The Labute approximate surface area is 111 Å². The van der Waals surface area contributed by atoms with Crippen LogP contribution < -0.4 is 5.32 Å². The highest BCUT2D eigenvalue weighted by Crippen LogP contribution is 2.17. The zero-order valence-electron chi connectivity index (χ0n) is 10.3. The maximum absolute atomic E-state index is 4.63. The van der Waals surface area contributed by atoms with Crippen LogP contribution in [-0.4, -0.2) is 27.5 Å². The van der Waals surface area contributed by atoms with Crippen molar-refractivity contribution >= 4 is 22.8 Å². The highest BCUT2D eigenvalue weighted by atomic mass is 32.2. The van der Waals surface area contributed by atoms with Gasteiger partial charge < -0.3 is 5.32 Å². The normalized spacial score (nSPS) is 17.1. The molecule has 1 aliphatic heterocycles. The van der Waals surface area contributed by atoms with E-state index in [0.717, 1.165) is 23.3 Å². The summed E-state index contributed by atoms with van der Waals surface area (Å²) in [6.07, 6.45) is 4.42. The van der Waals surface area contributed by atoms with Crippen molar-refractivity contribution in [3.05, 3.63) is 36.2 Å². The summed E-state index contributed by atoms with van der Waals surface area (Å²) in [4.78, 5) is 9.07. The third kappa shape index (κ3) is 2.82. The van der Waals surface area contributed by atoms with E-state index < -0.39 is 0 Å². The van der Waals surface area contributed by atoms with Gasteiger partial charge in [-0.15, -0.1) is 0 Å². The van der Waals surface area contributed by atoms with E-state index in [4.69, 9.17) is 0 Å². The molecule has 0 bridgehead atoms. The molecule has 1 aromatic heterocycles. The van der Waals surface area contributed by atoms with Gasteiger partial charge in [0.15, 0.2) is 0 Å². The minimum Gasteiger partial charge on any atom is -0.308 e. The molecule has 0 amide bonds. The topological polar surface area (TPSA) is 37.8 Å². The molecule has 3 nitrogen and oxygen atoms in total. The van der Waals surface area contributed by atoms with E-state index in [1.807, 2.05) is 30.5 Å². The Morgan fingerprint density at radius 2 is 1.94 bits per heavy atom. The summed E-state index contributed by atoms with van der Waals surface area (Å²) in [5.41, 5.74) is 2.98. The fraction of sp³-hybridized carbons (Fsp3) is 0.429. The van der Waals surface area contributed by atoms with Crippen LogP contribution in [-0.2, 0) is 6.54 Å². The Balaban J connectivity index is 1.66. The predicted octanol–water partition coefficient (Wildman–Crippen LogP) is 2.62. The Morgan fingerprint density at radius 3 is 2.78 bits per heavy atom. The monoisotopic (exact) mass is 259 g/mol. The highest BCUT2D eigenvalue weighted by Gasteiger charge is 2.12. The molecule has 2 heterocycles. The summed E-state index contributed by atoms with van der Waals surface area (Å²) in [5, 5.41) is 3.59. The lowest BCUT2D eigenvalue weighted by molar-refractivity contribution is 0.478. The molecular formula is C14H17N3S. The molecular weight excluding hydrogens is 242 g/mol. The zero-order valence-corrected chi connectivity index (χ0v) is 11.1. The van der Waals surface area contributed by atoms with Crippen LogP contribution in [0.1, 0.15) is 18.5 Å². The zero-order chi connectivity index (χ0) is 12.2. The largest absolute Gasteiger partial charge is 0.308 e. The molecule has 1 fully saturated rings. The minimum absolute atomic E-state index is 0.652. The van der Waals surface area contributed by atoms with E-state index >= 15 is 0 Å². The van der Waals surface area contributed by atoms with E-state index in [9.17, 15) is 0 Å². The molecule has 18 heavy (non-hydrogen) atoms. The number of para-hydroxylation sites is 2. The number of nitrogens with zero attached hydrogens (tertiary/aromatic N) is 2. The van der Waals surface area contributed by atoms with Gasteiger partial charge in [-0.1, -0.05) is 12.1 Å². The van der Waals surface area contributed by atoms with Crippen LogP contribution in [0, 0.1) is 0 Å². The number of rotatable bonds is 3. The van der Waals surface area contributed by atoms with Gasteiger partial charge in [-0.05, 0) is 36.5 Å². The fourth-order valence-electron chi connectivity index (χ4n) is 2.23. The Hall–Kier alpha value is -1.13. The van der Waals surface area contributed by atoms with Crippen LogP contribution in [0.25, 0.3) is 11.0 Å². The third-order valence-electron chi connectivity index (χ3n) is 3.29. The lowest BCUT2D eigenvalue weighted by atomic mass is 10.1. The number of thioether (sulfide) groups is 1. The molecule has 1 aliphatic rings. The van der Waals surface area contributed by atoms with Gasteiger partial charge in [0.05, 0.1) is 22.9 Å². The minimum atomic E-state index is 0.652. The van der Waals surface area contributed by atoms with Gasteiger partial charge in [0.25, 0.3) is 0 Å². The van der Waals surface area contributed by atoms with E-state index in [1.165, 1.54) is 24.3 Å². The van der Waals surface area contributed by atoms with Crippen molar-refractivity contribution in [2.75, 3.05) is 11.5 Å². The first kappa shape index (κ1) is 11.9. The van der Waals surface area contributed by atoms with Gasteiger partial charge >= 0.3 is 0 Å². The summed E-state index contributed by atoms with van der Waals surface area (Å²) in [5.74, 6) is 2.56. The second kappa shape index (κ2) is 5.67. The number of aromatic nitrogens is 2. The van der Waals surface area contributed by atoms with E-state index in [1.54, 1.807) is 0 Å². The van der Waals surface area contributed by atoms with Gasteiger partial charge in [-0.2, -0.15) is 11.8 Å². The lowest BCUT2D eigenvalue weighted by Gasteiger charge is -2.22. The number of nitrogens with one attached hydrogen (secondary N) is 1. The van der Waals surface area contributed by atoms with Gasteiger partial charge in [-0.3, -0.25) is 4.98 Å². The molecule has 1 N–H and O–H groups in total. The number of hydrogen-bond acceptors (Lipinski definition) is 4. The highest BCUT2D eigenvalue weighted by molar-refractivity contribution is 7.99. The summed E-state index contributed by atoms with van der Waals surface area (Å²) in [6, 6.07) is 8.67. The van der Waals surface area contributed by atoms with Crippen molar-refractivity contribution in [3.63, 3.8) is 0 Å². The molecule has 0 unspecified atom stereocenters. The van der Waals surface area contributed by atoms with E-state index in [-0.39, 0.29) is 0 Å². The predicted molar refractivity (Wildman–Crippen MR) is 76.7 cm³/mol. The van der Waals surface area contributed by atoms with Crippen LogP contribution >= 0.6 is 11.8 Å². The van der Waals surface area contributed by atoms with Gasteiger partial charge in [0.1, 0.15) is 0 Å². The Kier molecular flexibility index (Phi) is 3.76. The van der Waals surface area contributed by atoms with Crippen molar-refractivity contribution < 1.29 is 0 Å². The smallest absolute Gasteiger partial charge is 0.0890 e. The van der Waals surface area contributed by atoms with Gasteiger partial charge in [0.2, 0.25) is 0 Å². The quantitative estimate of drug-likeness (QED) is 0.919. The van der Waals surface area contributed by atoms with Crippen LogP contribution in [0.2, 0.25) is 0 Å². The molecule has 94 valence electrons. The Bertz CT molecular complexity index is 523. The number of fused-ring (bicyclic) bond motifs is 1.